The minimum atomic E-state index is -4.49. The number of methoxy groups -OCH3 is 1. The van der Waals surface area contributed by atoms with E-state index < -0.39 is 18.5 Å². The van der Waals surface area contributed by atoms with Crippen molar-refractivity contribution in [3.63, 3.8) is 0 Å². The van der Waals surface area contributed by atoms with Crippen molar-refractivity contribution in [1.29, 1.82) is 0 Å². The van der Waals surface area contributed by atoms with Crippen molar-refractivity contribution < 1.29 is 22.7 Å². The molecule has 1 atom stereocenters. The van der Waals surface area contributed by atoms with Crippen molar-refractivity contribution in [3.8, 4) is 17.0 Å². The molecule has 0 saturated carbocycles. The summed E-state index contributed by atoms with van der Waals surface area (Å²) < 4.78 is 43.1. The number of pyridine rings is 1. The number of H-pyrrole nitrogens is 1. The van der Waals surface area contributed by atoms with Crippen LogP contribution in [0.3, 0.4) is 0 Å². The van der Waals surface area contributed by atoms with Crippen LogP contribution in [0.1, 0.15) is 24.9 Å². The molecule has 0 spiro atoms. The molecule has 10 nitrogen and oxygen atoms in total. The summed E-state index contributed by atoms with van der Waals surface area (Å²) in [5, 5.41) is 3.21. The van der Waals surface area contributed by atoms with Crippen molar-refractivity contribution in [2.45, 2.75) is 25.6 Å². The van der Waals surface area contributed by atoms with Crippen molar-refractivity contribution in [3.05, 3.63) is 54.6 Å². The number of imidazole rings is 1. The van der Waals surface area contributed by atoms with Gasteiger partial charge in [0.25, 0.3) is 0 Å². The Kier molecular flexibility index (Phi) is 7.33. The number of hydrogen-bond donors (Lipinski definition) is 2. The van der Waals surface area contributed by atoms with E-state index >= 15 is 0 Å². The van der Waals surface area contributed by atoms with Gasteiger partial charge < -0.3 is 19.9 Å². The maximum atomic E-state index is 12.6. The van der Waals surface area contributed by atoms with Gasteiger partial charge in [-0.15, -0.1) is 0 Å². The van der Waals surface area contributed by atoms with E-state index in [0.717, 1.165) is 22.2 Å². The van der Waals surface area contributed by atoms with Crippen molar-refractivity contribution in [1.82, 2.24) is 34.7 Å². The molecular formula is C26H27F3N8O2. The van der Waals surface area contributed by atoms with Crippen molar-refractivity contribution in [2.75, 3.05) is 38.6 Å². The summed E-state index contributed by atoms with van der Waals surface area (Å²) in [6.45, 7) is 3.52. The van der Waals surface area contributed by atoms with E-state index in [-0.39, 0.29) is 19.1 Å². The molecule has 39 heavy (non-hydrogen) atoms. The number of rotatable bonds is 7. The predicted molar refractivity (Wildman–Crippen MR) is 138 cm³/mol. The molecule has 4 aromatic rings. The number of hydrogen-bond acceptors (Lipinski definition) is 8. The van der Waals surface area contributed by atoms with E-state index in [2.05, 4.69) is 35.1 Å². The number of piperazine rings is 1. The average molecular weight is 541 g/mol. The zero-order valence-corrected chi connectivity index (χ0v) is 21.4. The Hall–Kier alpha value is -4.26. The van der Waals surface area contributed by atoms with Crippen LogP contribution in [0.15, 0.2) is 49.1 Å². The monoisotopic (exact) mass is 540 g/mol. The van der Waals surface area contributed by atoms with Gasteiger partial charge in [-0.2, -0.15) is 13.2 Å². The first-order chi connectivity index (χ1) is 18.7. The summed E-state index contributed by atoms with van der Waals surface area (Å²) in [6, 6.07) is 9.53. The highest BCUT2D eigenvalue weighted by molar-refractivity contribution is 5.84. The molecule has 1 aliphatic heterocycles. The van der Waals surface area contributed by atoms with Crippen LogP contribution in [0.25, 0.3) is 22.3 Å². The zero-order valence-electron chi connectivity index (χ0n) is 21.4. The molecule has 2 N–H and O–H groups in total. The number of alkyl halides is 3. The molecule has 1 saturated heterocycles. The Labute approximate surface area is 222 Å². The number of amides is 1. The first-order valence-electron chi connectivity index (χ1n) is 12.4. The summed E-state index contributed by atoms with van der Waals surface area (Å²) in [5.41, 5.74) is 4.07. The third-order valence-electron chi connectivity index (χ3n) is 6.73. The van der Waals surface area contributed by atoms with Gasteiger partial charge in [0.1, 0.15) is 24.3 Å². The largest absolute Gasteiger partial charge is 0.493 e. The van der Waals surface area contributed by atoms with Crippen LogP contribution in [0.4, 0.5) is 24.9 Å². The highest BCUT2D eigenvalue weighted by atomic mass is 19.4. The van der Waals surface area contributed by atoms with Gasteiger partial charge in [0.05, 0.1) is 24.3 Å². The summed E-state index contributed by atoms with van der Waals surface area (Å²) in [6.07, 6.45) is -1.14. The van der Waals surface area contributed by atoms with Crippen LogP contribution >= 0.6 is 0 Å². The fourth-order valence-electron chi connectivity index (χ4n) is 4.65. The molecule has 1 aliphatic rings. The molecule has 4 heterocycles. The Morgan fingerprint density at radius 3 is 2.69 bits per heavy atom. The molecule has 0 aliphatic carbocycles. The van der Waals surface area contributed by atoms with Crippen molar-refractivity contribution in [2.24, 2.45) is 0 Å². The standard InChI is InChI=1S/C26H27F3N8O2/c1-16(36-7-9-37(10-8-36)23(38)13-26(27,28)29)17-5-6-31-22(12-17)35-25-33-19-4-3-18(11-20(19)34-25)24-21(39-2)14-30-15-32-24/h3-6,11-12,14-16H,7-10,13H2,1-2H3,(H2,31,33,34,35). The second kappa shape index (κ2) is 10.8. The molecule has 1 amide bonds. The lowest BCUT2D eigenvalue weighted by Crippen LogP contribution is -2.50. The number of aromatic nitrogens is 5. The second-order valence-electron chi connectivity index (χ2n) is 9.24. The zero-order chi connectivity index (χ0) is 27.6. The van der Waals surface area contributed by atoms with E-state index in [9.17, 15) is 18.0 Å². The van der Waals surface area contributed by atoms with Gasteiger partial charge in [0.2, 0.25) is 11.9 Å². The van der Waals surface area contributed by atoms with Crippen LogP contribution < -0.4 is 10.1 Å². The number of aromatic amines is 1. The first-order valence-corrected chi connectivity index (χ1v) is 12.4. The Morgan fingerprint density at radius 2 is 1.95 bits per heavy atom. The number of benzene rings is 1. The third kappa shape index (κ3) is 6.08. The maximum Gasteiger partial charge on any atom is 0.397 e. The fraction of sp³-hybridized carbons (Fsp3) is 0.346. The predicted octanol–water partition coefficient (Wildman–Crippen LogP) is 4.32. The quantitative estimate of drug-likeness (QED) is 0.357. The van der Waals surface area contributed by atoms with Gasteiger partial charge in [-0.05, 0) is 36.8 Å². The molecule has 0 radical (unpaired) electrons. The lowest BCUT2D eigenvalue weighted by molar-refractivity contribution is -0.162. The average Bonchev–Trinajstić information content (AvgIpc) is 3.33. The van der Waals surface area contributed by atoms with Crippen LogP contribution in [-0.2, 0) is 4.79 Å². The van der Waals surface area contributed by atoms with Gasteiger partial charge >= 0.3 is 6.18 Å². The Bertz CT molecular complexity index is 1470. The van der Waals surface area contributed by atoms with Gasteiger partial charge in [0.15, 0.2) is 5.75 Å². The Balaban J connectivity index is 1.25. The molecule has 204 valence electrons. The number of carbonyl (C=O) groups excluding carboxylic acids is 1. The van der Waals surface area contributed by atoms with Crippen molar-refractivity contribution >= 4 is 28.7 Å². The molecule has 3 aromatic heterocycles. The summed E-state index contributed by atoms with van der Waals surface area (Å²) in [4.78, 5) is 35.9. The van der Waals surface area contributed by atoms with Crippen LogP contribution in [0.2, 0.25) is 0 Å². The molecule has 13 heteroatoms. The van der Waals surface area contributed by atoms with Crippen LogP contribution in [0, 0.1) is 0 Å². The number of fused-ring (bicyclic) bond motifs is 1. The van der Waals surface area contributed by atoms with E-state index in [0.29, 0.717) is 36.3 Å². The van der Waals surface area contributed by atoms with Gasteiger partial charge in [-0.1, -0.05) is 6.07 Å². The lowest BCUT2D eigenvalue weighted by Gasteiger charge is -2.38. The van der Waals surface area contributed by atoms with Gasteiger partial charge in [-0.3, -0.25) is 9.69 Å². The smallest absolute Gasteiger partial charge is 0.397 e. The van der Waals surface area contributed by atoms with Gasteiger partial charge in [0, 0.05) is 44.0 Å². The first kappa shape index (κ1) is 26.4. The van der Waals surface area contributed by atoms with Crippen LogP contribution in [0.5, 0.6) is 5.75 Å². The fourth-order valence-corrected chi connectivity index (χ4v) is 4.65. The molecular weight excluding hydrogens is 513 g/mol. The van der Waals surface area contributed by atoms with E-state index in [1.807, 2.05) is 37.3 Å². The summed E-state index contributed by atoms with van der Waals surface area (Å²) in [5.74, 6) is 0.805. The highest BCUT2D eigenvalue weighted by Gasteiger charge is 2.35. The number of halogens is 3. The Morgan fingerprint density at radius 1 is 1.15 bits per heavy atom. The molecule has 0 bridgehead atoms. The minimum absolute atomic E-state index is 0.0190. The maximum absolute atomic E-state index is 12.6. The normalized spacial score (nSPS) is 15.4. The molecule has 1 aromatic carbocycles. The second-order valence-corrected chi connectivity index (χ2v) is 9.24. The molecule has 1 fully saturated rings. The molecule has 5 rings (SSSR count). The van der Waals surface area contributed by atoms with Crippen LogP contribution in [-0.4, -0.2) is 80.1 Å². The van der Waals surface area contributed by atoms with Gasteiger partial charge in [-0.25, -0.2) is 19.9 Å². The number of nitrogens with one attached hydrogen (secondary N) is 2. The number of anilines is 2. The summed E-state index contributed by atoms with van der Waals surface area (Å²) in [7, 11) is 1.57. The van der Waals surface area contributed by atoms with E-state index in [1.165, 1.54) is 11.2 Å². The summed E-state index contributed by atoms with van der Waals surface area (Å²) >= 11 is 0. The number of ether oxygens (including phenoxy) is 1. The molecule has 1 unspecified atom stereocenters. The van der Waals surface area contributed by atoms with E-state index in [4.69, 9.17) is 4.74 Å². The SMILES string of the molecule is COc1cncnc1-c1ccc2nc(Nc3cc(C(C)N4CCN(C(=O)CC(F)(F)F)CC4)ccn3)[nH]c2c1. The minimum Gasteiger partial charge on any atom is -0.493 e. The number of carbonyl (C=O) groups is 1. The third-order valence-corrected chi connectivity index (χ3v) is 6.73. The number of nitrogens with zero attached hydrogens (tertiary/aromatic N) is 6. The lowest BCUT2D eigenvalue weighted by atomic mass is 10.1. The van der Waals surface area contributed by atoms with E-state index in [1.54, 1.807) is 19.5 Å². The highest BCUT2D eigenvalue weighted by Crippen LogP contribution is 2.30. The topological polar surface area (TPSA) is 112 Å².